The highest BCUT2D eigenvalue weighted by Crippen LogP contribution is 2.22. The van der Waals surface area contributed by atoms with Gasteiger partial charge < -0.3 is 4.74 Å². The van der Waals surface area contributed by atoms with E-state index in [2.05, 4.69) is 4.98 Å². The van der Waals surface area contributed by atoms with E-state index in [0.29, 0.717) is 5.56 Å². The summed E-state index contributed by atoms with van der Waals surface area (Å²) < 4.78 is 6.17. The lowest BCUT2D eigenvalue weighted by molar-refractivity contribution is -0.157. The van der Waals surface area contributed by atoms with Gasteiger partial charge in [-0.05, 0) is 45.2 Å². The predicted molar refractivity (Wildman–Crippen MR) is 79.0 cm³/mol. The van der Waals surface area contributed by atoms with Crippen molar-refractivity contribution in [2.75, 3.05) is 0 Å². The van der Waals surface area contributed by atoms with E-state index in [1.54, 1.807) is 33.8 Å². The molecule has 1 atom stereocenters. The van der Waals surface area contributed by atoms with E-state index in [0.717, 1.165) is 10.2 Å². The van der Waals surface area contributed by atoms with Crippen LogP contribution in [0.3, 0.4) is 0 Å². The Balaban J connectivity index is 2.19. The van der Waals surface area contributed by atoms with Gasteiger partial charge in [-0.1, -0.05) is 0 Å². The molecule has 0 radical (unpaired) electrons. The van der Waals surface area contributed by atoms with Crippen molar-refractivity contribution in [2.45, 2.75) is 33.3 Å². The van der Waals surface area contributed by atoms with Crippen molar-refractivity contribution in [3.05, 3.63) is 29.3 Å². The fourth-order valence-electron chi connectivity index (χ4n) is 1.73. The number of nitrogens with zero attached hydrogens (tertiary/aromatic N) is 1. The van der Waals surface area contributed by atoms with Crippen LogP contribution in [0.4, 0.5) is 0 Å². The minimum absolute atomic E-state index is 0.262. The first-order valence-electron chi connectivity index (χ1n) is 6.38. The lowest BCUT2D eigenvalue weighted by Gasteiger charge is -2.21. The highest BCUT2D eigenvalue weighted by molar-refractivity contribution is 7.17. The highest BCUT2D eigenvalue weighted by atomic mass is 32.1. The summed E-state index contributed by atoms with van der Waals surface area (Å²) in [5.41, 5.74) is 0.705. The maximum atomic E-state index is 12.3. The van der Waals surface area contributed by atoms with Gasteiger partial charge in [0.05, 0.1) is 10.2 Å². The van der Waals surface area contributed by atoms with E-state index in [9.17, 15) is 9.59 Å². The largest absolute Gasteiger partial charge is 0.459 e. The van der Waals surface area contributed by atoms with E-state index in [4.69, 9.17) is 4.74 Å². The number of fused-ring (bicyclic) bond motifs is 1. The second-order valence-electron chi connectivity index (χ2n) is 5.65. The number of hydrogen-bond donors (Lipinski definition) is 0. The molecular formula is C15H17NO3S. The number of aromatic nitrogens is 1. The summed E-state index contributed by atoms with van der Waals surface area (Å²) in [6.45, 7) is 6.90. The van der Waals surface area contributed by atoms with Crippen molar-refractivity contribution in [1.29, 1.82) is 0 Å². The van der Waals surface area contributed by atoms with Crippen LogP contribution in [-0.4, -0.2) is 22.3 Å². The van der Waals surface area contributed by atoms with Crippen LogP contribution >= 0.6 is 11.3 Å². The molecule has 1 unspecified atom stereocenters. The zero-order chi connectivity index (χ0) is 14.9. The zero-order valence-electron chi connectivity index (χ0n) is 12.0. The van der Waals surface area contributed by atoms with Gasteiger partial charge in [-0.3, -0.25) is 14.6 Å². The van der Waals surface area contributed by atoms with Gasteiger partial charge in [0.2, 0.25) is 0 Å². The van der Waals surface area contributed by atoms with E-state index in [1.165, 1.54) is 17.5 Å². The van der Waals surface area contributed by atoms with Crippen LogP contribution in [0.15, 0.2) is 23.7 Å². The molecule has 0 aliphatic carbocycles. The third-order valence-corrected chi connectivity index (χ3v) is 3.59. The van der Waals surface area contributed by atoms with Crippen molar-refractivity contribution >= 4 is 33.3 Å². The van der Waals surface area contributed by atoms with Crippen LogP contribution in [0.25, 0.3) is 10.2 Å². The predicted octanol–water partition coefficient (Wildman–Crippen LogP) is 3.46. The summed E-state index contributed by atoms with van der Waals surface area (Å²) in [6.07, 6.45) is 1.51. The van der Waals surface area contributed by atoms with Gasteiger partial charge >= 0.3 is 5.97 Å². The molecule has 0 amide bonds. The lowest BCUT2D eigenvalue weighted by atomic mass is 10.0. The summed E-state index contributed by atoms with van der Waals surface area (Å²) in [7, 11) is 0. The number of Topliss-reactive ketones (excluding diaryl/α,β-unsaturated/α-hetero) is 1. The molecule has 0 N–H and O–H groups in total. The number of pyridine rings is 1. The Hall–Kier alpha value is -1.75. The average Bonchev–Trinajstić information content (AvgIpc) is 2.81. The van der Waals surface area contributed by atoms with Gasteiger partial charge in [-0.15, -0.1) is 11.3 Å². The maximum Gasteiger partial charge on any atom is 0.317 e. The van der Waals surface area contributed by atoms with Gasteiger partial charge in [0.25, 0.3) is 0 Å². The second kappa shape index (κ2) is 5.32. The smallest absolute Gasteiger partial charge is 0.317 e. The third-order valence-electron chi connectivity index (χ3n) is 2.74. The summed E-state index contributed by atoms with van der Waals surface area (Å²) in [4.78, 5) is 28.4. The zero-order valence-corrected chi connectivity index (χ0v) is 12.8. The first-order chi connectivity index (χ1) is 9.28. The average molecular weight is 291 g/mol. The fourth-order valence-corrected chi connectivity index (χ4v) is 2.51. The molecule has 2 aromatic rings. The second-order valence-corrected chi connectivity index (χ2v) is 6.60. The Labute approximate surface area is 121 Å². The van der Waals surface area contributed by atoms with Gasteiger partial charge in [0, 0.05) is 11.8 Å². The van der Waals surface area contributed by atoms with Gasteiger partial charge in [-0.25, -0.2) is 0 Å². The number of carbonyl (C=O) groups is 2. The molecule has 0 saturated carbocycles. The van der Waals surface area contributed by atoms with Crippen LogP contribution in [-0.2, 0) is 9.53 Å². The molecule has 106 valence electrons. The Bertz CT molecular complexity index is 654. The molecular weight excluding hydrogens is 274 g/mol. The number of hydrogen-bond acceptors (Lipinski definition) is 5. The standard InChI is InChI=1S/C15H17NO3S/c1-9(14(18)19-15(2,3)4)13(17)10-7-12-11(16-8-10)5-6-20-12/h5-9H,1-4H3. The van der Waals surface area contributed by atoms with Crippen molar-refractivity contribution in [3.63, 3.8) is 0 Å². The van der Waals surface area contributed by atoms with Gasteiger partial charge in [0.1, 0.15) is 11.5 Å². The number of thiophene rings is 1. The van der Waals surface area contributed by atoms with Crippen LogP contribution in [0.1, 0.15) is 38.1 Å². The topological polar surface area (TPSA) is 56.3 Å². The Morgan fingerprint density at radius 1 is 1.35 bits per heavy atom. The Kier molecular flexibility index (Phi) is 3.90. The lowest BCUT2D eigenvalue weighted by Crippen LogP contribution is -2.31. The molecule has 0 spiro atoms. The fraction of sp³-hybridized carbons (Fsp3) is 0.400. The van der Waals surface area contributed by atoms with Gasteiger partial charge in [-0.2, -0.15) is 0 Å². The van der Waals surface area contributed by atoms with Gasteiger partial charge in [0.15, 0.2) is 5.78 Å². The van der Waals surface area contributed by atoms with Crippen LogP contribution in [0.2, 0.25) is 0 Å². The minimum Gasteiger partial charge on any atom is -0.459 e. The molecule has 2 aromatic heterocycles. The monoisotopic (exact) mass is 291 g/mol. The SMILES string of the molecule is CC(C(=O)OC(C)(C)C)C(=O)c1cnc2ccsc2c1. The maximum absolute atomic E-state index is 12.3. The molecule has 4 nitrogen and oxygen atoms in total. The highest BCUT2D eigenvalue weighted by Gasteiger charge is 2.28. The molecule has 0 bridgehead atoms. The summed E-state index contributed by atoms with van der Waals surface area (Å²) >= 11 is 1.52. The van der Waals surface area contributed by atoms with Crippen LogP contribution in [0.5, 0.6) is 0 Å². The molecule has 0 fully saturated rings. The Morgan fingerprint density at radius 3 is 2.70 bits per heavy atom. The normalized spacial score (nSPS) is 13.2. The Morgan fingerprint density at radius 2 is 2.05 bits per heavy atom. The third kappa shape index (κ3) is 3.22. The number of rotatable bonds is 3. The molecule has 2 rings (SSSR count). The molecule has 0 saturated heterocycles. The van der Waals surface area contributed by atoms with Crippen LogP contribution in [0, 0.1) is 5.92 Å². The van der Waals surface area contributed by atoms with E-state index in [-0.39, 0.29) is 5.78 Å². The molecule has 2 heterocycles. The number of esters is 1. The molecule has 20 heavy (non-hydrogen) atoms. The molecule has 0 aliphatic heterocycles. The van der Waals surface area contributed by atoms with E-state index in [1.807, 2.05) is 11.4 Å². The molecule has 0 aromatic carbocycles. The van der Waals surface area contributed by atoms with Crippen molar-refractivity contribution < 1.29 is 14.3 Å². The number of ether oxygens (including phenoxy) is 1. The summed E-state index contributed by atoms with van der Waals surface area (Å²) in [6, 6.07) is 3.67. The molecule has 0 aliphatic rings. The number of ketones is 1. The van der Waals surface area contributed by atoms with E-state index < -0.39 is 17.5 Å². The van der Waals surface area contributed by atoms with E-state index >= 15 is 0 Å². The quantitative estimate of drug-likeness (QED) is 0.494. The summed E-state index contributed by atoms with van der Waals surface area (Å²) in [5.74, 6) is -1.59. The van der Waals surface area contributed by atoms with Crippen molar-refractivity contribution in [1.82, 2.24) is 4.98 Å². The van der Waals surface area contributed by atoms with Crippen LogP contribution < -0.4 is 0 Å². The van der Waals surface area contributed by atoms with Crippen molar-refractivity contribution in [3.8, 4) is 0 Å². The first-order valence-corrected chi connectivity index (χ1v) is 7.26. The summed E-state index contributed by atoms with van der Waals surface area (Å²) in [5, 5.41) is 1.92. The minimum atomic E-state index is -0.826. The molecule has 5 heteroatoms. The van der Waals surface area contributed by atoms with Crippen molar-refractivity contribution in [2.24, 2.45) is 5.92 Å². The first kappa shape index (κ1) is 14.7. The number of carbonyl (C=O) groups excluding carboxylic acids is 2.